The van der Waals surface area contributed by atoms with E-state index in [1.165, 1.54) is 4.90 Å². The summed E-state index contributed by atoms with van der Waals surface area (Å²) in [4.78, 5) is 28.1. The lowest BCUT2D eigenvalue weighted by molar-refractivity contribution is -0.148. The first-order valence-electron chi connectivity index (χ1n) is 5.68. The molecule has 96 valence electrons. The number of amides is 1. The van der Waals surface area contributed by atoms with Crippen molar-refractivity contribution < 1.29 is 19.8 Å². The summed E-state index contributed by atoms with van der Waals surface area (Å²) < 4.78 is 0. The first kappa shape index (κ1) is 12.5. The molecule has 18 heavy (non-hydrogen) atoms. The standard InChI is InChI=1S/C12H14N2O4/c15-9-6-11(16)14(7-9)10(12(17)18)5-8-3-1-2-4-13-8/h1-4,9-10,15H,5-7H2,(H,17,18)/t9?,10-/m0/s1. The normalized spacial score (nSPS) is 21.1. The molecule has 6 nitrogen and oxygen atoms in total. The van der Waals surface area contributed by atoms with E-state index in [2.05, 4.69) is 4.98 Å². The number of aliphatic carboxylic acids is 1. The van der Waals surface area contributed by atoms with Gasteiger partial charge >= 0.3 is 5.97 Å². The fourth-order valence-electron chi connectivity index (χ4n) is 2.06. The van der Waals surface area contributed by atoms with Gasteiger partial charge in [-0.15, -0.1) is 0 Å². The molecular weight excluding hydrogens is 236 g/mol. The maximum absolute atomic E-state index is 11.6. The summed E-state index contributed by atoms with van der Waals surface area (Å²) in [5.74, 6) is -1.41. The third-order valence-corrected chi connectivity index (χ3v) is 2.93. The van der Waals surface area contributed by atoms with Gasteiger partial charge in [0, 0.05) is 24.9 Å². The average Bonchev–Trinajstić information content (AvgIpc) is 2.66. The molecule has 1 unspecified atom stereocenters. The molecule has 1 aliphatic heterocycles. The molecule has 2 heterocycles. The molecule has 2 N–H and O–H groups in total. The van der Waals surface area contributed by atoms with Crippen LogP contribution in [0.25, 0.3) is 0 Å². The minimum Gasteiger partial charge on any atom is -0.480 e. The van der Waals surface area contributed by atoms with Gasteiger partial charge in [-0.1, -0.05) is 6.07 Å². The van der Waals surface area contributed by atoms with Crippen molar-refractivity contribution in [3.63, 3.8) is 0 Å². The molecule has 0 bridgehead atoms. The summed E-state index contributed by atoms with van der Waals surface area (Å²) in [5.41, 5.74) is 0.610. The average molecular weight is 250 g/mol. The van der Waals surface area contributed by atoms with Crippen LogP contribution in [0.3, 0.4) is 0 Å². The Morgan fingerprint density at radius 1 is 1.56 bits per heavy atom. The zero-order valence-corrected chi connectivity index (χ0v) is 9.69. The predicted octanol–water partition coefficient (Wildman–Crippen LogP) is -0.330. The van der Waals surface area contributed by atoms with Crippen molar-refractivity contribution >= 4 is 11.9 Å². The first-order chi connectivity index (χ1) is 8.58. The summed E-state index contributed by atoms with van der Waals surface area (Å²) in [7, 11) is 0. The molecule has 0 spiro atoms. The summed E-state index contributed by atoms with van der Waals surface area (Å²) in [5, 5.41) is 18.6. The van der Waals surface area contributed by atoms with Crippen LogP contribution in [0.15, 0.2) is 24.4 Å². The minimum absolute atomic E-state index is 0.00794. The van der Waals surface area contributed by atoms with Gasteiger partial charge in [-0.25, -0.2) is 4.79 Å². The van der Waals surface area contributed by atoms with E-state index >= 15 is 0 Å². The van der Waals surface area contributed by atoms with Crippen LogP contribution in [0.2, 0.25) is 0 Å². The van der Waals surface area contributed by atoms with Gasteiger partial charge in [-0.2, -0.15) is 0 Å². The Kier molecular flexibility index (Phi) is 3.57. The summed E-state index contributed by atoms with van der Waals surface area (Å²) in [6.45, 7) is 0.0721. The zero-order valence-electron chi connectivity index (χ0n) is 9.69. The Hall–Kier alpha value is -1.95. The number of hydrogen-bond donors (Lipinski definition) is 2. The summed E-state index contributed by atoms with van der Waals surface area (Å²) in [6, 6.07) is 4.25. The Labute approximate surface area is 104 Å². The fraction of sp³-hybridized carbons (Fsp3) is 0.417. The van der Waals surface area contributed by atoms with Crippen LogP contribution in [0.5, 0.6) is 0 Å². The topological polar surface area (TPSA) is 90.7 Å². The summed E-state index contributed by atoms with van der Waals surface area (Å²) in [6.07, 6.45) is 0.943. The van der Waals surface area contributed by atoms with E-state index in [0.29, 0.717) is 5.69 Å². The van der Waals surface area contributed by atoms with E-state index in [-0.39, 0.29) is 25.3 Å². The number of pyridine rings is 1. The number of carbonyl (C=O) groups is 2. The third kappa shape index (κ3) is 2.65. The number of rotatable bonds is 4. The molecule has 1 aliphatic rings. The number of aliphatic hydroxyl groups is 1. The highest BCUT2D eigenvalue weighted by atomic mass is 16.4. The molecule has 2 rings (SSSR count). The van der Waals surface area contributed by atoms with Crippen molar-refractivity contribution in [1.82, 2.24) is 9.88 Å². The SMILES string of the molecule is O=C(O)[C@H](Cc1ccccn1)N1CC(O)CC1=O. The minimum atomic E-state index is -1.08. The van der Waals surface area contributed by atoms with E-state index < -0.39 is 18.1 Å². The van der Waals surface area contributed by atoms with E-state index in [4.69, 9.17) is 0 Å². The van der Waals surface area contributed by atoms with Gasteiger partial charge in [-0.05, 0) is 12.1 Å². The highest BCUT2D eigenvalue weighted by Crippen LogP contribution is 2.17. The molecule has 1 saturated heterocycles. The van der Waals surface area contributed by atoms with Crippen LogP contribution >= 0.6 is 0 Å². The first-order valence-corrected chi connectivity index (χ1v) is 5.68. The number of carboxylic acid groups (broad SMARTS) is 1. The second kappa shape index (κ2) is 5.14. The van der Waals surface area contributed by atoms with Crippen LogP contribution in [-0.4, -0.2) is 50.7 Å². The Balaban J connectivity index is 2.14. The van der Waals surface area contributed by atoms with Crippen molar-refractivity contribution in [3.05, 3.63) is 30.1 Å². The van der Waals surface area contributed by atoms with Crippen LogP contribution < -0.4 is 0 Å². The largest absolute Gasteiger partial charge is 0.480 e. The second-order valence-corrected chi connectivity index (χ2v) is 4.28. The number of carbonyl (C=O) groups excluding carboxylic acids is 1. The Morgan fingerprint density at radius 3 is 2.83 bits per heavy atom. The van der Waals surface area contributed by atoms with Crippen LogP contribution in [0, 0.1) is 0 Å². The van der Waals surface area contributed by atoms with Crippen molar-refractivity contribution in [1.29, 1.82) is 0 Å². The van der Waals surface area contributed by atoms with Gasteiger partial charge in [-0.3, -0.25) is 9.78 Å². The maximum Gasteiger partial charge on any atom is 0.326 e. The van der Waals surface area contributed by atoms with E-state index in [1.807, 2.05) is 0 Å². The van der Waals surface area contributed by atoms with Gasteiger partial charge in [0.05, 0.1) is 12.5 Å². The number of hydrogen-bond acceptors (Lipinski definition) is 4. The number of aliphatic hydroxyl groups excluding tert-OH is 1. The highest BCUT2D eigenvalue weighted by molar-refractivity contribution is 5.85. The fourth-order valence-corrected chi connectivity index (χ4v) is 2.06. The van der Waals surface area contributed by atoms with Gasteiger partial charge < -0.3 is 15.1 Å². The molecule has 0 aromatic carbocycles. The van der Waals surface area contributed by atoms with Gasteiger partial charge in [0.2, 0.25) is 5.91 Å². The maximum atomic E-state index is 11.6. The Bertz CT molecular complexity index is 449. The summed E-state index contributed by atoms with van der Waals surface area (Å²) >= 11 is 0. The molecule has 1 amide bonds. The van der Waals surface area contributed by atoms with Crippen molar-refractivity contribution in [2.45, 2.75) is 25.0 Å². The highest BCUT2D eigenvalue weighted by Gasteiger charge is 2.37. The number of nitrogens with zero attached hydrogens (tertiary/aromatic N) is 2. The zero-order chi connectivity index (χ0) is 13.1. The Morgan fingerprint density at radius 2 is 2.33 bits per heavy atom. The number of carboxylic acids is 1. The van der Waals surface area contributed by atoms with Crippen molar-refractivity contribution in [3.8, 4) is 0 Å². The van der Waals surface area contributed by atoms with Crippen LogP contribution in [0.1, 0.15) is 12.1 Å². The lowest BCUT2D eigenvalue weighted by atomic mass is 10.1. The van der Waals surface area contributed by atoms with Gasteiger partial charge in [0.25, 0.3) is 0 Å². The van der Waals surface area contributed by atoms with Crippen molar-refractivity contribution in [2.75, 3.05) is 6.54 Å². The lowest BCUT2D eigenvalue weighted by Gasteiger charge is -2.23. The van der Waals surface area contributed by atoms with Crippen LogP contribution in [0.4, 0.5) is 0 Å². The lowest BCUT2D eigenvalue weighted by Crippen LogP contribution is -2.44. The molecule has 0 aliphatic carbocycles. The van der Waals surface area contributed by atoms with E-state index in [1.54, 1.807) is 24.4 Å². The van der Waals surface area contributed by atoms with Gasteiger partial charge in [0.1, 0.15) is 6.04 Å². The molecule has 1 aromatic heterocycles. The molecule has 1 aromatic rings. The number of likely N-dealkylation sites (tertiary alicyclic amines) is 1. The second-order valence-electron chi connectivity index (χ2n) is 4.28. The smallest absolute Gasteiger partial charge is 0.326 e. The third-order valence-electron chi connectivity index (χ3n) is 2.93. The molecule has 1 fully saturated rings. The van der Waals surface area contributed by atoms with Crippen molar-refractivity contribution in [2.24, 2.45) is 0 Å². The number of β-amino-alcohol motifs (C(OH)–C–C–N with tert-alkyl or cyclic N) is 1. The molecule has 0 radical (unpaired) electrons. The predicted molar refractivity (Wildman–Crippen MR) is 61.7 cm³/mol. The quantitative estimate of drug-likeness (QED) is 0.763. The molecule has 6 heteroatoms. The number of aromatic nitrogens is 1. The van der Waals surface area contributed by atoms with Crippen LogP contribution in [-0.2, 0) is 16.0 Å². The monoisotopic (exact) mass is 250 g/mol. The van der Waals surface area contributed by atoms with Gasteiger partial charge in [0.15, 0.2) is 0 Å². The van der Waals surface area contributed by atoms with E-state index in [0.717, 1.165) is 0 Å². The molecular formula is C12H14N2O4. The molecule has 2 atom stereocenters. The molecule has 0 saturated carbocycles. The van der Waals surface area contributed by atoms with E-state index in [9.17, 15) is 19.8 Å².